The molecular formula is C80H133N7O58S. The van der Waals surface area contributed by atoms with E-state index in [4.69, 9.17) is 99.5 Å². The van der Waals surface area contributed by atoms with Gasteiger partial charge in [-0.25, -0.2) is 4.18 Å². The fourth-order valence-electron chi connectivity index (χ4n) is 18.7. The molecule has 0 aliphatic carbocycles. The van der Waals surface area contributed by atoms with Gasteiger partial charge in [-0.3, -0.25) is 38.1 Å². The van der Waals surface area contributed by atoms with Crippen molar-refractivity contribution in [1.82, 2.24) is 37.2 Å². The van der Waals surface area contributed by atoms with E-state index in [0.717, 1.165) is 48.5 Å². The van der Waals surface area contributed by atoms with Crippen molar-refractivity contribution in [3.8, 4) is 0 Å². The van der Waals surface area contributed by atoms with Gasteiger partial charge in [-0.05, 0) is 6.92 Å². The lowest BCUT2D eigenvalue weighted by molar-refractivity contribution is -0.408. The van der Waals surface area contributed by atoms with Crippen LogP contribution in [0.1, 0.15) is 55.4 Å². The number of ether oxygens (including phenoxy) is 21. The summed E-state index contributed by atoms with van der Waals surface area (Å²) < 4.78 is 167. The molecule has 11 aliphatic heterocycles. The second-order valence-electron chi connectivity index (χ2n) is 36.5. The van der Waals surface area contributed by atoms with Crippen molar-refractivity contribution >= 4 is 51.7 Å². The van der Waals surface area contributed by atoms with Gasteiger partial charge < -0.3 is 269 Å². The highest BCUT2D eigenvalue weighted by Gasteiger charge is 2.64. The highest BCUT2D eigenvalue weighted by atomic mass is 32.3. The van der Waals surface area contributed by atoms with Gasteiger partial charge in [-0.15, -0.1) is 0 Å². The zero-order valence-electron chi connectivity index (χ0n) is 79.0. The Labute approximate surface area is 827 Å². The molecule has 0 aromatic carbocycles. The molecule has 11 saturated heterocycles. The van der Waals surface area contributed by atoms with E-state index in [1.807, 2.05) is 0 Å². The first-order valence-corrected chi connectivity index (χ1v) is 47.5. The third-order valence-electron chi connectivity index (χ3n) is 25.9. The molecule has 146 heavy (non-hydrogen) atoms. The molecule has 0 aromatic rings. The molecule has 0 aromatic heterocycles. The molecule has 0 spiro atoms. The summed E-state index contributed by atoms with van der Waals surface area (Å²) in [6, 6.07) is -14.1. The SMILES string of the molecule is CC(=O)N[C@@H]1[C@@H](O)[C@H](O[C@@H]2O[C@H](CO)[C@@H](O[C@@H]3O[C@H](CO[C@H]4O[C@H](CO)[C@@H](O)[C@H](O)[C@@H]4O[C@@H]4O[C@H](CO)[C@@H](O[C@@H]5O[C@H](CO)[C@H](O)[C@H](O)[C@H]5NC(C)=O)[C@H](O)[C@H]4NC(C)=O)[C@@H](O[C@@H]4O[C@H](CO)[C@@H](O)[C@H](O)[C@H]4NC(C)=O)[C@H](O[C@H]4O[C@H](CO)[C@@H](O)[C@H](O)[C@@H]4O[C@@H]4O[C@H](CO)[C@@H](O[C@@H]5O[C@H](CO)[C@H](OS(=O)(=O)O)[C@H](O)[C@H]5NC(C)=O)[C@H](O)[C@H]4NC(C)=O)[C@@H]3O)[C@H](O)[C@H]2NC(C)=O)[C@@H](CO[C@@H]2O[C@@H](C)[C@@H](O)[C@@H](O)[C@@H]2O)O[C@H]1O. The maximum atomic E-state index is 13.6. The predicted molar refractivity (Wildman–Crippen MR) is 453 cm³/mol. The molecule has 11 aliphatic rings. The van der Waals surface area contributed by atoms with E-state index >= 15 is 0 Å². The first-order valence-electron chi connectivity index (χ1n) is 46.1. The van der Waals surface area contributed by atoms with E-state index in [2.05, 4.69) is 41.4 Å². The first kappa shape index (κ1) is 120. The van der Waals surface area contributed by atoms with E-state index < -0.39 is 455 Å². The summed E-state index contributed by atoms with van der Waals surface area (Å²) in [6.45, 7) is -4.83. The lowest BCUT2D eigenvalue weighted by atomic mass is 9.93. The Bertz CT molecular complexity index is 4320. The minimum absolute atomic E-state index is 0.843. The fourth-order valence-corrected chi connectivity index (χ4v) is 19.2. The largest absolute Gasteiger partial charge is 0.397 e. The van der Waals surface area contributed by atoms with Crippen molar-refractivity contribution < 1.29 is 283 Å². The molecule has 0 saturated carbocycles. The van der Waals surface area contributed by atoms with Crippen LogP contribution in [0.2, 0.25) is 0 Å². The molecule has 0 bridgehead atoms. The van der Waals surface area contributed by atoms with Crippen LogP contribution in [-0.4, -0.2) is 590 Å². The average Bonchev–Trinajstić information content (AvgIpc) is 1.10. The summed E-state index contributed by atoms with van der Waals surface area (Å²) in [4.78, 5) is 91.5. The Kier molecular flexibility index (Phi) is 43.3. The van der Waals surface area contributed by atoms with Crippen molar-refractivity contribution in [2.75, 3.05) is 66.1 Å². The molecule has 65 nitrogen and oxygen atoms in total. The number of aliphatic hydroxyl groups is 26. The Morgan fingerprint density at radius 1 is 0.226 bits per heavy atom. The molecule has 34 N–H and O–H groups in total. The number of carbonyl (C=O) groups is 7. The molecule has 11 fully saturated rings. The summed E-state index contributed by atoms with van der Waals surface area (Å²) in [5.41, 5.74) is 0. The molecule has 55 atom stereocenters. The van der Waals surface area contributed by atoms with Gasteiger partial charge in [0.25, 0.3) is 0 Å². The van der Waals surface area contributed by atoms with Crippen LogP contribution in [0.25, 0.3) is 0 Å². The third kappa shape index (κ3) is 28.0. The second kappa shape index (κ2) is 52.5. The summed E-state index contributed by atoms with van der Waals surface area (Å²) in [6.07, 6.45) is -107. The highest BCUT2D eigenvalue weighted by Crippen LogP contribution is 2.43. The number of rotatable bonds is 39. The van der Waals surface area contributed by atoms with Crippen LogP contribution in [0.3, 0.4) is 0 Å². The molecule has 11 rings (SSSR count). The molecule has 11 heterocycles. The summed E-state index contributed by atoms with van der Waals surface area (Å²) in [5, 5.41) is 315. The quantitative estimate of drug-likeness (QED) is 0.0254. The second-order valence-corrected chi connectivity index (χ2v) is 37.6. The zero-order chi connectivity index (χ0) is 108. The predicted octanol–water partition coefficient (Wildman–Crippen LogP) is -23.1. The Hall–Kier alpha value is -5.72. The number of carbonyl (C=O) groups excluding carboxylic acids is 7. The maximum absolute atomic E-state index is 13.6. The minimum Gasteiger partial charge on any atom is -0.394 e. The van der Waals surface area contributed by atoms with Gasteiger partial charge in [-0.1, -0.05) is 0 Å². The number of hydrogen-bond acceptors (Lipinski definition) is 57. The van der Waals surface area contributed by atoms with E-state index in [1.165, 1.54) is 6.92 Å². The van der Waals surface area contributed by atoms with Crippen molar-refractivity contribution in [2.45, 2.75) is 393 Å². The number of aliphatic hydroxyl groups excluding tert-OH is 26. The van der Waals surface area contributed by atoms with Crippen LogP contribution in [-0.2, 0) is 148 Å². The van der Waals surface area contributed by atoms with Gasteiger partial charge in [0.2, 0.25) is 41.4 Å². The molecular weight excluding hydrogens is 2020 g/mol. The summed E-state index contributed by atoms with van der Waals surface area (Å²) >= 11 is 0. The molecule has 66 heteroatoms. The fraction of sp³-hybridized carbons (Fsp3) is 0.912. The lowest BCUT2D eigenvalue weighted by Crippen LogP contribution is -2.72. The molecule has 0 radical (unpaired) electrons. The van der Waals surface area contributed by atoms with E-state index in [1.54, 1.807) is 0 Å². The van der Waals surface area contributed by atoms with Crippen molar-refractivity contribution in [1.29, 1.82) is 0 Å². The smallest absolute Gasteiger partial charge is 0.394 e. The zero-order valence-corrected chi connectivity index (χ0v) is 79.8. The number of hydrogen-bond donors (Lipinski definition) is 34. The monoisotopic (exact) mass is 2150 g/mol. The normalized spacial score (nSPS) is 46.6. The van der Waals surface area contributed by atoms with Gasteiger partial charge >= 0.3 is 10.4 Å². The standard InChI is InChI=1S/C80H133N7O58S/c1-19-44(103)56(115)59(118)77(126-19)124-17-35-64(51(110)37(70(120)127-35)81-20(2)96)139-73-40(84-23(5)99)54(113)63(33(15-94)132-73)140-78-60(119)67(142-80-69(58(117)48(107)30(12-91)131-80)144-76-42(86-25(7)101)53(112)62(32(14-93)134-76)138-74-43(87-26(8)102)55(114)65(34(16-95)135-74)145-146(121,122)123)66(141-72-39(83-22(4)98)50(109)46(105)28(10-89)129-72)36(136-78)18-125-79-68(57(116)47(106)29(11-90)130-79)143-75-41(85-24(6)100)52(111)61(31(13-92)133-75)137-71-38(82-21(3)97)49(108)45(104)27(9-88)128-71/h19,27-80,88-95,103-120H,9-18H2,1-8H3,(H,81,96)(H,82,97)(H,83,98)(H,84,99)(H,85,100)(H,86,101)(H,87,102)(H,121,122,123)/t19-,27+,28+,29+,30+,31+,32+,33+,34+,35+,36+,37+,38+,39+,40+,41+,42+,43+,44+,45-,46+,47+,48+,49+,50+,51+,52+,53+,54+,55+,56+,57-,58-,59-,60-,61+,62+,63+,64+,65-,66+,67+,68-,69-,70+,71-,72-,73-,74-,75-,76-,77+,78-,79-,80+/m0/s1. The maximum Gasteiger partial charge on any atom is 0.397 e. The third-order valence-corrected chi connectivity index (χ3v) is 26.4. The first-order chi connectivity index (χ1) is 68.8. The van der Waals surface area contributed by atoms with Gasteiger partial charge in [0.15, 0.2) is 69.2 Å². The molecule has 7 amide bonds. The topological polar surface area (TPSA) is 987 Å². The van der Waals surface area contributed by atoms with Crippen LogP contribution >= 0.6 is 0 Å². The van der Waals surface area contributed by atoms with Crippen LogP contribution < -0.4 is 37.2 Å². The Balaban J connectivity index is 1.02. The van der Waals surface area contributed by atoms with Gasteiger partial charge in [0.1, 0.15) is 262 Å². The Morgan fingerprint density at radius 3 is 0.822 bits per heavy atom. The van der Waals surface area contributed by atoms with Crippen LogP contribution in [0, 0.1) is 0 Å². The molecule has 0 unspecified atom stereocenters. The van der Waals surface area contributed by atoms with Gasteiger partial charge in [0.05, 0.1) is 72.2 Å². The van der Waals surface area contributed by atoms with Crippen LogP contribution in [0.4, 0.5) is 0 Å². The minimum atomic E-state index is -5.51. The Morgan fingerprint density at radius 2 is 0.473 bits per heavy atom. The number of nitrogens with one attached hydrogen (secondary N) is 7. The highest BCUT2D eigenvalue weighted by molar-refractivity contribution is 7.80. The van der Waals surface area contributed by atoms with E-state index in [-0.39, 0.29) is 0 Å². The van der Waals surface area contributed by atoms with Crippen molar-refractivity contribution in [3.63, 3.8) is 0 Å². The van der Waals surface area contributed by atoms with E-state index in [0.29, 0.717) is 0 Å². The lowest BCUT2D eigenvalue weighted by Gasteiger charge is -2.52. The van der Waals surface area contributed by atoms with Crippen LogP contribution in [0.5, 0.6) is 0 Å². The van der Waals surface area contributed by atoms with Gasteiger partial charge in [0, 0.05) is 48.5 Å². The van der Waals surface area contributed by atoms with Crippen molar-refractivity contribution in [3.05, 3.63) is 0 Å². The van der Waals surface area contributed by atoms with Gasteiger partial charge in [-0.2, -0.15) is 8.42 Å². The van der Waals surface area contributed by atoms with Crippen LogP contribution in [0.15, 0.2) is 0 Å². The summed E-state index contributed by atoms with van der Waals surface area (Å²) in [7, 11) is -5.51. The summed E-state index contributed by atoms with van der Waals surface area (Å²) in [5.74, 6) is -7.02. The average molecular weight is 2150 g/mol. The number of amides is 7. The van der Waals surface area contributed by atoms with E-state index in [9.17, 15) is 179 Å². The van der Waals surface area contributed by atoms with Crippen molar-refractivity contribution in [2.24, 2.45) is 0 Å². The molecule has 842 valence electrons.